The molecule has 0 rings (SSSR count). The average Bonchev–Trinajstić information content (AvgIpc) is 2.42. The van der Waals surface area contributed by atoms with Gasteiger partial charge in [-0.05, 0) is 19.8 Å². The van der Waals surface area contributed by atoms with E-state index in [1.54, 1.807) is 0 Å². The Kier molecular flexibility index (Phi) is 18.9. The molecule has 0 saturated carbocycles. The summed E-state index contributed by atoms with van der Waals surface area (Å²) in [6, 6.07) is 0. The number of ether oxygens (including phenoxy) is 1. The Morgan fingerprint density at radius 1 is 1.05 bits per heavy atom. The van der Waals surface area contributed by atoms with Gasteiger partial charge in [-0.15, -0.1) is 24.0 Å². The quantitative estimate of drug-likeness (QED) is 0.207. The Balaban J connectivity index is 0. The van der Waals surface area contributed by atoms with Gasteiger partial charge in [0.15, 0.2) is 5.96 Å². The van der Waals surface area contributed by atoms with E-state index in [0.29, 0.717) is 13.1 Å². The van der Waals surface area contributed by atoms with Crippen molar-refractivity contribution in [1.29, 1.82) is 0 Å². The number of aliphatic imine (C=N–C) groups is 1. The maximum atomic E-state index is 10.7. The van der Waals surface area contributed by atoms with Gasteiger partial charge in [0.05, 0.1) is 0 Å². The van der Waals surface area contributed by atoms with Crippen LogP contribution in [0.15, 0.2) is 4.99 Å². The number of nitrogens with one attached hydrogen (secondary N) is 3. The van der Waals surface area contributed by atoms with Gasteiger partial charge in [0.25, 0.3) is 0 Å². The van der Waals surface area contributed by atoms with Gasteiger partial charge in [-0.3, -0.25) is 9.79 Å². The van der Waals surface area contributed by atoms with Crippen LogP contribution in [0.4, 0.5) is 0 Å². The lowest BCUT2D eigenvalue weighted by atomic mass is 10.4. The highest BCUT2D eigenvalue weighted by Crippen LogP contribution is 1.90. The number of hydrogen-bond acceptors (Lipinski definition) is 3. The highest BCUT2D eigenvalue weighted by Gasteiger charge is 1.97. The van der Waals surface area contributed by atoms with Crippen LogP contribution in [0.5, 0.6) is 0 Å². The van der Waals surface area contributed by atoms with Crippen molar-refractivity contribution in [2.45, 2.75) is 40.0 Å². The second-order valence-electron chi connectivity index (χ2n) is 4.49. The van der Waals surface area contributed by atoms with Crippen molar-refractivity contribution in [2.75, 3.05) is 39.4 Å². The van der Waals surface area contributed by atoms with Crippen LogP contribution in [0.3, 0.4) is 0 Å². The molecular formula is C14H31IN4O2. The zero-order chi connectivity index (χ0) is 15.1. The first kappa shape index (κ1) is 22.7. The van der Waals surface area contributed by atoms with Crippen molar-refractivity contribution in [3.05, 3.63) is 0 Å². The SMILES string of the molecule is CCCCOCCCN=C(NCC)NCCNC(C)=O.I. The van der Waals surface area contributed by atoms with E-state index in [9.17, 15) is 4.79 Å². The van der Waals surface area contributed by atoms with E-state index in [1.165, 1.54) is 13.3 Å². The molecule has 0 aromatic heterocycles. The van der Waals surface area contributed by atoms with Gasteiger partial charge in [0.1, 0.15) is 0 Å². The summed E-state index contributed by atoms with van der Waals surface area (Å²) in [6.07, 6.45) is 3.21. The molecule has 3 N–H and O–H groups in total. The molecule has 0 aliphatic carbocycles. The standard InChI is InChI=1S/C14H30N4O2.HI/c1-4-6-11-20-12-7-8-17-14(15-5-2)18-10-9-16-13(3)19;/h4-12H2,1-3H3,(H,16,19)(H2,15,17,18);1H. The highest BCUT2D eigenvalue weighted by atomic mass is 127. The molecule has 7 heteroatoms. The Hall–Kier alpha value is -0.570. The molecule has 0 aromatic carbocycles. The Bertz CT molecular complexity index is 276. The number of unbranched alkanes of at least 4 members (excludes halogenated alkanes) is 1. The van der Waals surface area contributed by atoms with Crippen molar-refractivity contribution >= 4 is 35.8 Å². The lowest BCUT2D eigenvalue weighted by Crippen LogP contribution is -2.41. The Labute approximate surface area is 145 Å². The number of carbonyl (C=O) groups is 1. The van der Waals surface area contributed by atoms with Gasteiger partial charge < -0.3 is 20.7 Å². The number of guanidine groups is 1. The number of rotatable bonds is 11. The molecule has 6 nitrogen and oxygen atoms in total. The Morgan fingerprint density at radius 3 is 2.33 bits per heavy atom. The van der Waals surface area contributed by atoms with Gasteiger partial charge in [0.2, 0.25) is 5.91 Å². The highest BCUT2D eigenvalue weighted by molar-refractivity contribution is 14.0. The van der Waals surface area contributed by atoms with Crippen LogP contribution >= 0.6 is 24.0 Å². The van der Waals surface area contributed by atoms with Gasteiger partial charge in [-0.2, -0.15) is 0 Å². The summed E-state index contributed by atoms with van der Waals surface area (Å²) in [5.74, 6) is 0.768. The topological polar surface area (TPSA) is 74.8 Å². The van der Waals surface area contributed by atoms with Crippen molar-refractivity contribution in [3.63, 3.8) is 0 Å². The van der Waals surface area contributed by atoms with Crippen molar-refractivity contribution in [3.8, 4) is 0 Å². The molecule has 0 radical (unpaired) electrons. The van der Waals surface area contributed by atoms with E-state index in [2.05, 4.69) is 27.9 Å². The fourth-order valence-corrected chi connectivity index (χ4v) is 1.47. The molecule has 126 valence electrons. The lowest BCUT2D eigenvalue weighted by molar-refractivity contribution is -0.118. The monoisotopic (exact) mass is 414 g/mol. The van der Waals surface area contributed by atoms with E-state index in [0.717, 1.165) is 45.1 Å². The smallest absolute Gasteiger partial charge is 0.216 e. The molecule has 0 unspecified atom stereocenters. The maximum Gasteiger partial charge on any atom is 0.216 e. The summed E-state index contributed by atoms with van der Waals surface area (Å²) in [7, 11) is 0. The summed E-state index contributed by atoms with van der Waals surface area (Å²) in [5.41, 5.74) is 0. The summed E-state index contributed by atoms with van der Waals surface area (Å²) in [4.78, 5) is 15.2. The van der Waals surface area contributed by atoms with Crippen molar-refractivity contribution < 1.29 is 9.53 Å². The molecule has 0 bridgehead atoms. The summed E-state index contributed by atoms with van der Waals surface area (Å²) < 4.78 is 5.48. The Morgan fingerprint density at radius 2 is 1.71 bits per heavy atom. The first-order valence-electron chi connectivity index (χ1n) is 7.55. The largest absolute Gasteiger partial charge is 0.381 e. The number of amides is 1. The van der Waals surface area contributed by atoms with Gasteiger partial charge in [-0.25, -0.2) is 0 Å². The molecule has 0 saturated heterocycles. The van der Waals surface area contributed by atoms with E-state index >= 15 is 0 Å². The predicted molar refractivity (Wildman–Crippen MR) is 98.4 cm³/mol. The third-order valence-corrected chi connectivity index (χ3v) is 2.49. The van der Waals surface area contributed by atoms with Crippen LogP contribution in [-0.4, -0.2) is 51.3 Å². The van der Waals surface area contributed by atoms with Crippen LogP contribution in [0.25, 0.3) is 0 Å². The van der Waals surface area contributed by atoms with Crippen LogP contribution in [0.1, 0.15) is 40.0 Å². The van der Waals surface area contributed by atoms with Crippen LogP contribution < -0.4 is 16.0 Å². The number of halogens is 1. The average molecular weight is 414 g/mol. The molecule has 0 aromatic rings. The second-order valence-corrected chi connectivity index (χ2v) is 4.49. The van der Waals surface area contributed by atoms with Gasteiger partial charge >= 0.3 is 0 Å². The lowest BCUT2D eigenvalue weighted by Gasteiger charge is -2.11. The summed E-state index contributed by atoms with van der Waals surface area (Å²) in [6.45, 7) is 10.1. The van der Waals surface area contributed by atoms with Crippen LogP contribution in [0, 0.1) is 0 Å². The van der Waals surface area contributed by atoms with Gasteiger partial charge in [0, 0.05) is 46.3 Å². The molecule has 21 heavy (non-hydrogen) atoms. The molecule has 0 aliphatic rings. The molecule has 1 amide bonds. The third kappa shape index (κ3) is 17.4. The third-order valence-electron chi connectivity index (χ3n) is 2.49. The summed E-state index contributed by atoms with van der Waals surface area (Å²) >= 11 is 0. The number of hydrogen-bond donors (Lipinski definition) is 3. The molecule has 0 fully saturated rings. The van der Waals surface area contributed by atoms with Crippen LogP contribution in [-0.2, 0) is 9.53 Å². The zero-order valence-electron chi connectivity index (χ0n) is 13.5. The molecular weight excluding hydrogens is 383 g/mol. The molecule has 0 spiro atoms. The first-order chi connectivity index (χ1) is 9.70. The normalized spacial score (nSPS) is 10.7. The van der Waals surface area contributed by atoms with Crippen molar-refractivity contribution in [1.82, 2.24) is 16.0 Å². The van der Waals surface area contributed by atoms with E-state index in [-0.39, 0.29) is 29.9 Å². The number of nitrogens with zero attached hydrogens (tertiary/aromatic N) is 1. The van der Waals surface area contributed by atoms with E-state index in [4.69, 9.17) is 4.74 Å². The minimum absolute atomic E-state index is 0. The second kappa shape index (κ2) is 17.5. The zero-order valence-corrected chi connectivity index (χ0v) is 15.9. The van der Waals surface area contributed by atoms with E-state index < -0.39 is 0 Å². The maximum absolute atomic E-state index is 10.7. The molecule has 0 heterocycles. The van der Waals surface area contributed by atoms with Crippen LogP contribution in [0.2, 0.25) is 0 Å². The predicted octanol–water partition coefficient (Wildman–Crippen LogP) is 1.50. The fraction of sp³-hybridized carbons (Fsp3) is 0.857. The van der Waals surface area contributed by atoms with Crippen molar-refractivity contribution in [2.24, 2.45) is 4.99 Å². The fourth-order valence-electron chi connectivity index (χ4n) is 1.47. The minimum Gasteiger partial charge on any atom is -0.381 e. The minimum atomic E-state index is -0.0158. The first-order valence-corrected chi connectivity index (χ1v) is 7.55. The molecule has 0 aliphatic heterocycles. The molecule has 0 atom stereocenters. The number of carbonyl (C=O) groups excluding carboxylic acids is 1. The van der Waals surface area contributed by atoms with Gasteiger partial charge in [-0.1, -0.05) is 13.3 Å². The summed E-state index contributed by atoms with van der Waals surface area (Å²) in [5, 5.41) is 9.07. The van der Waals surface area contributed by atoms with E-state index in [1.807, 2.05) is 6.92 Å².